The molecule has 0 saturated heterocycles. The van der Waals surface area contributed by atoms with E-state index in [0.717, 1.165) is 106 Å². The number of benzene rings is 10. The summed E-state index contributed by atoms with van der Waals surface area (Å²) in [6, 6.07) is 81.9. The third-order valence-corrected chi connectivity index (χ3v) is 14.6. The zero-order chi connectivity index (χ0) is 47.0. The van der Waals surface area contributed by atoms with E-state index in [9.17, 15) is 0 Å². The van der Waals surface area contributed by atoms with Crippen molar-refractivity contribution in [1.82, 2.24) is 4.57 Å². The first-order valence-corrected chi connectivity index (χ1v) is 24.5. The molecule has 13 aromatic rings. The van der Waals surface area contributed by atoms with Crippen LogP contribution in [0, 0.1) is 5.92 Å². The van der Waals surface area contributed by atoms with Crippen molar-refractivity contribution in [3.8, 4) is 39.1 Å². The van der Waals surface area contributed by atoms with Crippen LogP contribution >= 0.6 is 0 Å². The fourth-order valence-electron chi connectivity index (χ4n) is 11.2. The number of rotatable bonds is 8. The highest BCUT2D eigenvalue weighted by atomic mass is 16.3. The molecule has 5 nitrogen and oxygen atoms in total. The number of furan rings is 2. The Balaban J connectivity index is 0.925. The van der Waals surface area contributed by atoms with Gasteiger partial charge in [-0.05, 0) is 94.4 Å². The first kappa shape index (κ1) is 41.0. The molecule has 0 saturated carbocycles. The standard InChI is InChI=1S/C66H45N3O2/c1-2-49-62(44-31-29-43(30-32-44)41-17-6-3-7-18-41)67-66(45-21-10-5-11-22-45)68-63(49)53-26-16-25-52-56-38-47(34-36-61(56)71-64(52)53)54-39-48(40-57-51-24-13-15-28-60(51)70-65(54)57)69-58-27-14-12-23-50(58)55-37-46(33-35-59(55)69)42-19-8-4-9-20-42/h3-40,49,62H,2H2,1H3. The van der Waals surface area contributed by atoms with E-state index in [0.29, 0.717) is 0 Å². The average Bonchev–Trinajstić information content (AvgIpc) is 4.13. The minimum absolute atomic E-state index is 0.00861. The molecule has 0 spiro atoms. The van der Waals surface area contributed by atoms with Crippen LogP contribution in [0.4, 0.5) is 0 Å². The van der Waals surface area contributed by atoms with Gasteiger partial charge in [-0.2, -0.15) is 0 Å². The summed E-state index contributed by atoms with van der Waals surface area (Å²) in [7, 11) is 0. The SMILES string of the molecule is CCC1C(c2cccc3c2oc2ccc(-c4cc(-n5c6ccccc6c6cc(-c7ccccc7)ccc65)cc5c4oc4ccccc45)cc23)=NC(c2ccccc2)=NC1c1ccc(-c2ccccc2)cc1. The van der Waals surface area contributed by atoms with Crippen molar-refractivity contribution in [1.29, 1.82) is 0 Å². The second-order valence-corrected chi connectivity index (χ2v) is 18.7. The Morgan fingerprint density at radius 2 is 0.986 bits per heavy atom. The summed E-state index contributed by atoms with van der Waals surface area (Å²) in [5.41, 5.74) is 17.7. The Morgan fingerprint density at radius 3 is 1.75 bits per heavy atom. The van der Waals surface area contributed by atoms with Crippen molar-refractivity contribution >= 4 is 77.2 Å². The molecule has 0 N–H and O–H groups in total. The Hall–Kier alpha value is -9.06. The molecule has 4 heterocycles. The number of fused-ring (bicyclic) bond motifs is 9. The number of aromatic nitrogens is 1. The molecule has 0 fully saturated rings. The summed E-state index contributed by atoms with van der Waals surface area (Å²) in [4.78, 5) is 10.9. The van der Waals surface area contributed by atoms with Crippen molar-refractivity contribution in [2.75, 3.05) is 0 Å². The number of hydrogen-bond acceptors (Lipinski definition) is 4. The van der Waals surface area contributed by atoms with E-state index in [4.69, 9.17) is 18.8 Å². The summed E-state index contributed by atoms with van der Waals surface area (Å²) >= 11 is 0. The molecule has 71 heavy (non-hydrogen) atoms. The van der Waals surface area contributed by atoms with E-state index in [1.807, 2.05) is 12.1 Å². The second kappa shape index (κ2) is 16.6. The van der Waals surface area contributed by atoms with Gasteiger partial charge in [0.1, 0.15) is 22.3 Å². The van der Waals surface area contributed by atoms with Gasteiger partial charge >= 0.3 is 0 Å². The van der Waals surface area contributed by atoms with Gasteiger partial charge < -0.3 is 13.4 Å². The quantitative estimate of drug-likeness (QED) is 0.152. The van der Waals surface area contributed by atoms with Crippen molar-refractivity contribution < 1.29 is 8.83 Å². The molecule has 336 valence electrons. The normalized spacial score (nSPS) is 15.1. The molecule has 10 aromatic carbocycles. The molecule has 0 bridgehead atoms. The number of para-hydroxylation sites is 3. The molecule has 1 aliphatic heterocycles. The lowest BCUT2D eigenvalue weighted by molar-refractivity contribution is 0.532. The molecule has 0 radical (unpaired) electrons. The highest BCUT2D eigenvalue weighted by Gasteiger charge is 2.33. The summed E-state index contributed by atoms with van der Waals surface area (Å²) in [5, 5.41) is 6.65. The minimum Gasteiger partial charge on any atom is -0.455 e. The number of amidine groups is 1. The number of aliphatic imine (C=N–C) groups is 2. The predicted molar refractivity (Wildman–Crippen MR) is 294 cm³/mol. The third-order valence-electron chi connectivity index (χ3n) is 14.6. The first-order valence-electron chi connectivity index (χ1n) is 24.5. The highest BCUT2D eigenvalue weighted by Crippen LogP contribution is 2.44. The largest absolute Gasteiger partial charge is 0.455 e. The molecule has 14 rings (SSSR count). The monoisotopic (exact) mass is 911 g/mol. The average molecular weight is 912 g/mol. The zero-order valence-electron chi connectivity index (χ0n) is 39.0. The van der Waals surface area contributed by atoms with Crippen molar-refractivity contribution in [2.45, 2.75) is 19.4 Å². The third kappa shape index (κ3) is 6.76. The Morgan fingerprint density at radius 1 is 0.408 bits per heavy atom. The summed E-state index contributed by atoms with van der Waals surface area (Å²) < 4.78 is 16.2. The molecule has 3 aromatic heterocycles. The first-order chi connectivity index (χ1) is 35.1. The van der Waals surface area contributed by atoms with Crippen molar-refractivity contribution in [2.24, 2.45) is 15.9 Å². The summed E-state index contributed by atoms with van der Waals surface area (Å²) in [5.74, 6) is 0.738. The highest BCUT2D eigenvalue weighted by molar-refractivity contribution is 6.22. The lowest BCUT2D eigenvalue weighted by atomic mass is 9.82. The minimum atomic E-state index is -0.141. The number of nitrogens with zero attached hydrogens (tertiary/aromatic N) is 3. The van der Waals surface area contributed by atoms with Gasteiger partial charge in [-0.1, -0.05) is 183 Å². The Labute approximate surface area is 410 Å². The molecule has 5 heteroatoms. The zero-order valence-corrected chi connectivity index (χ0v) is 39.0. The van der Waals surface area contributed by atoms with E-state index < -0.39 is 0 Å². The Kier molecular flexibility index (Phi) is 9.56. The van der Waals surface area contributed by atoms with Crippen LogP contribution in [-0.4, -0.2) is 16.1 Å². The van der Waals surface area contributed by atoms with Crippen molar-refractivity contribution in [3.05, 3.63) is 247 Å². The molecule has 2 unspecified atom stereocenters. The smallest absolute Gasteiger partial charge is 0.155 e. The van der Waals surface area contributed by atoms with Crippen LogP contribution in [0.15, 0.2) is 249 Å². The lowest BCUT2D eigenvalue weighted by Gasteiger charge is -2.30. The number of hydrogen-bond donors (Lipinski definition) is 0. The van der Waals surface area contributed by atoms with E-state index in [2.05, 4.69) is 230 Å². The second-order valence-electron chi connectivity index (χ2n) is 18.7. The van der Waals surface area contributed by atoms with Crippen LogP contribution in [0.3, 0.4) is 0 Å². The fourth-order valence-corrected chi connectivity index (χ4v) is 11.2. The summed E-state index contributed by atoms with van der Waals surface area (Å²) in [6.07, 6.45) is 0.847. The van der Waals surface area contributed by atoms with Gasteiger partial charge in [0.15, 0.2) is 5.84 Å². The van der Waals surface area contributed by atoms with Crippen molar-refractivity contribution in [3.63, 3.8) is 0 Å². The van der Waals surface area contributed by atoms with E-state index in [-0.39, 0.29) is 12.0 Å². The maximum absolute atomic E-state index is 6.97. The predicted octanol–water partition coefficient (Wildman–Crippen LogP) is 17.6. The van der Waals surface area contributed by atoms with Crippen LogP contribution in [0.1, 0.15) is 36.1 Å². The van der Waals surface area contributed by atoms with E-state index in [1.54, 1.807) is 0 Å². The van der Waals surface area contributed by atoms with Gasteiger partial charge in [0, 0.05) is 60.6 Å². The van der Waals surface area contributed by atoms with Crippen LogP contribution in [0.25, 0.3) is 105 Å². The molecule has 2 atom stereocenters. The van der Waals surface area contributed by atoms with Gasteiger partial charge in [0.2, 0.25) is 0 Å². The van der Waals surface area contributed by atoms with Gasteiger partial charge in [-0.3, -0.25) is 4.99 Å². The van der Waals surface area contributed by atoms with Gasteiger partial charge in [-0.25, -0.2) is 4.99 Å². The molecular weight excluding hydrogens is 867 g/mol. The van der Waals surface area contributed by atoms with Crippen LogP contribution < -0.4 is 0 Å². The summed E-state index contributed by atoms with van der Waals surface area (Å²) in [6.45, 7) is 2.24. The molecule has 0 amide bonds. The topological polar surface area (TPSA) is 55.9 Å². The molecule has 1 aliphatic rings. The van der Waals surface area contributed by atoms with Crippen LogP contribution in [0.2, 0.25) is 0 Å². The lowest BCUT2D eigenvalue weighted by Crippen LogP contribution is -2.28. The molecular formula is C66H45N3O2. The fraction of sp³-hybridized carbons (Fsp3) is 0.0606. The van der Waals surface area contributed by atoms with Gasteiger partial charge in [-0.15, -0.1) is 0 Å². The maximum Gasteiger partial charge on any atom is 0.155 e. The van der Waals surface area contributed by atoms with Gasteiger partial charge in [0.25, 0.3) is 0 Å². The van der Waals surface area contributed by atoms with E-state index in [1.165, 1.54) is 33.0 Å². The van der Waals surface area contributed by atoms with Crippen LogP contribution in [0.5, 0.6) is 0 Å². The van der Waals surface area contributed by atoms with Gasteiger partial charge in [0.05, 0.1) is 22.8 Å². The maximum atomic E-state index is 6.97. The molecule has 0 aliphatic carbocycles. The van der Waals surface area contributed by atoms with Crippen LogP contribution in [-0.2, 0) is 0 Å². The Bertz CT molecular complexity index is 4250. The van der Waals surface area contributed by atoms with E-state index >= 15 is 0 Å².